The van der Waals surface area contributed by atoms with Crippen molar-refractivity contribution in [2.24, 2.45) is 0 Å². The van der Waals surface area contributed by atoms with E-state index in [1.54, 1.807) is 37.3 Å². The van der Waals surface area contributed by atoms with Gasteiger partial charge in [0.1, 0.15) is 18.5 Å². The van der Waals surface area contributed by atoms with Gasteiger partial charge in [-0.05, 0) is 23.4 Å². The van der Waals surface area contributed by atoms with E-state index in [0.29, 0.717) is 31.2 Å². The molecule has 0 bridgehead atoms. The zero-order valence-electron chi connectivity index (χ0n) is 20.8. The molecule has 3 aromatic carbocycles. The van der Waals surface area contributed by atoms with Gasteiger partial charge in [0.05, 0.1) is 0 Å². The number of hydrogen-bond acceptors (Lipinski definition) is 6. The molecule has 0 radical (unpaired) electrons. The van der Waals surface area contributed by atoms with Crippen LogP contribution in [0.1, 0.15) is 32.8 Å². The van der Waals surface area contributed by atoms with Crippen LogP contribution in [0.15, 0.2) is 72.8 Å². The number of rotatable bonds is 8. The molecular formula is C28H33N3O5. The first-order chi connectivity index (χ1) is 17.3. The molecule has 8 nitrogen and oxygen atoms in total. The summed E-state index contributed by atoms with van der Waals surface area (Å²) >= 11 is 0. The van der Waals surface area contributed by atoms with E-state index in [2.05, 4.69) is 41.9 Å². The maximum Gasteiger partial charge on any atom is 0.328 e. The van der Waals surface area contributed by atoms with E-state index in [-0.39, 0.29) is 0 Å². The van der Waals surface area contributed by atoms with E-state index >= 15 is 0 Å². The van der Waals surface area contributed by atoms with Crippen LogP contribution in [0.25, 0.3) is 10.8 Å². The van der Waals surface area contributed by atoms with E-state index in [0.717, 1.165) is 16.5 Å². The number of nitrogens with one attached hydrogen (secondary N) is 3. The van der Waals surface area contributed by atoms with Crippen LogP contribution in [0.3, 0.4) is 0 Å². The van der Waals surface area contributed by atoms with Crippen molar-refractivity contribution in [2.45, 2.75) is 44.8 Å². The van der Waals surface area contributed by atoms with Crippen LogP contribution in [0, 0.1) is 0 Å². The number of urea groups is 1. The second kappa shape index (κ2) is 12.3. The SMILES string of the molecule is CC(C)NCC(O)COc1cccc2ccccc12.CCC1(c2ccccc2)C(=O)NC(=O)NC1=O. The molecule has 8 heteroatoms. The predicted molar refractivity (Wildman–Crippen MR) is 139 cm³/mol. The van der Waals surface area contributed by atoms with Gasteiger partial charge in [-0.3, -0.25) is 20.2 Å². The number of carbonyl (C=O) groups is 3. The summed E-state index contributed by atoms with van der Waals surface area (Å²) in [5, 5.41) is 19.5. The normalized spacial score (nSPS) is 15.5. The van der Waals surface area contributed by atoms with E-state index in [4.69, 9.17) is 4.74 Å². The molecule has 1 atom stereocenters. The van der Waals surface area contributed by atoms with Crippen molar-refractivity contribution in [3.05, 3.63) is 78.4 Å². The Hall–Kier alpha value is -3.75. The van der Waals surface area contributed by atoms with Gasteiger partial charge < -0.3 is 15.2 Å². The molecule has 4 amide bonds. The van der Waals surface area contributed by atoms with Gasteiger partial charge >= 0.3 is 6.03 Å². The molecule has 4 N–H and O–H groups in total. The molecule has 190 valence electrons. The molecule has 1 heterocycles. The highest BCUT2D eigenvalue weighted by Crippen LogP contribution is 2.30. The molecule has 1 fully saturated rings. The van der Waals surface area contributed by atoms with Crippen molar-refractivity contribution in [1.82, 2.24) is 16.0 Å². The summed E-state index contributed by atoms with van der Waals surface area (Å²) in [5.74, 6) is -0.318. The molecule has 0 spiro atoms. The summed E-state index contributed by atoms with van der Waals surface area (Å²) < 4.78 is 5.72. The van der Waals surface area contributed by atoms with Crippen LogP contribution in [0.5, 0.6) is 5.75 Å². The number of aliphatic hydroxyl groups is 1. The van der Waals surface area contributed by atoms with Crippen molar-refractivity contribution >= 4 is 28.6 Å². The Morgan fingerprint density at radius 2 is 1.50 bits per heavy atom. The minimum atomic E-state index is -1.31. The Labute approximate surface area is 211 Å². The molecule has 1 aliphatic heterocycles. The van der Waals surface area contributed by atoms with Crippen molar-refractivity contribution in [2.75, 3.05) is 13.2 Å². The van der Waals surface area contributed by atoms with Crippen molar-refractivity contribution in [1.29, 1.82) is 0 Å². The molecule has 1 unspecified atom stereocenters. The lowest BCUT2D eigenvalue weighted by molar-refractivity contribution is -0.138. The number of amides is 4. The Bertz CT molecular complexity index is 1170. The summed E-state index contributed by atoms with van der Waals surface area (Å²) in [6.45, 7) is 6.69. The quantitative estimate of drug-likeness (QED) is 0.360. The summed E-state index contributed by atoms with van der Waals surface area (Å²) in [6.07, 6.45) is -0.205. The summed E-state index contributed by atoms with van der Waals surface area (Å²) in [4.78, 5) is 35.0. The van der Waals surface area contributed by atoms with Gasteiger partial charge in [-0.2, -0.15) is 0 Å². The number of benzene rings is 3. The van der Waals surface area contributed by atoms with Gasteiger partial charge in [-0.25, -0.2) is 4.79 Å². The third-order valence-electron chi connectivity index (χ3n) is 5.97. The highest BCUT2D eigenvalue weighted by molar-refractivity contribution is 6.22. The topological polar surface area (TPSA) is 117 Å². The number of carbonyl (C=O) groups excluding carboxylic acids is 3. The number of imide groups is 2. The first-order valence-electron chi connectivity index (χ1n) is 12.0. The van der Waals surface area contributed by atoms with E-state index < -0.39 is 29.4 Å². The number of fused-ring (bicyclic) bond motifs is 1. The van der Waals surface area contributed by atoms with Crippen LogP contribution >= 0.6 is 0 Å². The number of hydrogen-bond donors (Lipinski definition) is 4. The second-order valence-electron chi connectivity index (χ2n) is 8.87. The molecule has 3 aromatic rings. The van der Waals surface area contributed by atoms with Gasteiger partial charge in [0.25, 0.3) is 0 Å². The summed E-state index contributed by atoms with van der Waals surface area (Å²) in [7, 11) is 0. The van der Waals surface area contributed by atoms with Crippen LogP contribution < -0.4 is 20.7 Å². The lowest BCUT2D eigenvalue weighted by atomic mass is 9.75. The van der Waals surface area contributed by atoms with E-state index in [9.17, 15) is 19.5 Å². The van der Waals surface area contributed by atoms with Gasteiger partial charge in [-0.1, -0.05) is 87.5 Å². The molecule has 0 aliphatic carbocycles. The zero-order valence-corrected chi connectivity index (χ0v) is 20.8. The van der Waals surface area contributed by atoms with Crippen LogP contribution in [0.4, 0.5) is 4.79 Å². The van der Waals surface area contributed by atoms with E-state index in [1.165, 1.54) is 0 Å². The molecule has 0 aromatic heterocycles. The largest absolute Gasteiger partial charge is 0.490 e. The zero-order chi connectivity index (χ0) is 26.1. The highest BCUT2D eigenvalue weighted by atomic mass is 16.5. The third-order valence-corrected chi connectivity index (χ3v) is 5.97. The van der Waals surface area contributed by atoms with E-state index in [1.807, 2.05) is 30.3 Å². The molecule has 36 heavy (non-hydrogen) atoms. The van der Waals surface area contributed by atoms with Crippen molar-refractivity contribution in [3.63, 3.8) is 0 Å². The average Bonchev–Trinajstić information content (AvgIpc) is 2.87. The van der Waals surface area contributed by atoms with Crippen LogP contribution in [0.2, 0.25) is 0 Å². The molecule has 4 rings (SSSR count). The minimum Gasteiger partial charge on any atom is -0.490 e. The maximum atomic E-state index is 12.0. The molecule has 1 aliphatic rings. The average molecular weight is 492 g/mol. The molecule has 0 saturated carbocycles. The number of barbiturate groups is 1. The fourth-order valence-corrected chi connectivity index (χ4v) is 4.00. The number of aliphatic hydroxyl groups excluding tert-OH is 1. The fourth-order valence-electron chi connectivity index (χ4n) is 4.00. The van der Waals surface area contributed by atoms with Gasteiger partial charge in [-0.15, -0.1) is 0 Å². The summed E-state index contributed by atoms with van der Waals surface area (Å²) in [6, 6.07) is 22.4. The molecule has 1 saturated heterocycles. The predicted octanol–water partition coefficient (Wildman–Crippen LogP) is 3.28. The lowest BCUT2D eigenvalue weighted by Gasteiger charge is -2.33. The fraction of sp³-hybridized carbons (Fsp3) is 0.321. The number of ether oxygens (including phenoxy) is 1. The monoisotopic (exact) mass is 491 g/mol. The minimum absolute atomic E-state index is 0.294. The van der Waals surface area contributed by atoms with Crippen LogP contribution in [-0.4, -0.2) is 48.2 Å². The smallest absolute Gasteiger partial charge is 0.328 e. The van der Waals surface area contributed by atoms with Gasteiger partial charge in [0.15, 0.2) is 5.41 Å². The Kier molecular flexibility index (Phi) is 9.16. The molecular weight excluding hydrogens is 458 g/mol. The Morgan fingerprint density at radius 1 is 0.889 bits per heavy atom. The summed E-state index contributed by atoms with van der Waals surface area (Å²) in [5.41, 5.74) is -0.722. The first-order valence-corrected chi connectivity index (χ1v) is 12.0. The standard InChI is InChI=1S/C16H21NO2.C12H12N2O3/c1-12(2)17-10-14(18)11-19-16-9-5-7-13-6-3-4-8-15(13)16;1-2-12(8-6-4-3-5-7-8)9(15)13-11(17)14-10(12)16/h3-9,12,14,17-18H,10-11H2,1-2H3;3-7H,2H2,1H3,(H2,13,14,15,16,17). The second-order valence-corrected chi connectivity index (χ2v) is 8.87. The third kappa shape index (κ3) is 6.27. The Morgan fingerprint density at radius 3 is 2.14 bits per heavy atom. The van der Waals surface area contributed by atoms with Crippen molar-refractivity contribution < 1.29 is 24.2 Å². The lowest BCUT2D eigenvalue weighted by Crippen LogP contribution is -2.64. The first kappa shape index (κ1) is 26.8. The maximum absolute atomic E-state index is 12.0. The van der Waals surface area contributed by atoms with Crippen molar-refractivity contribution in [3.8, 4) is 5.75 Å². The Balaban J connectivity index is 0.000000202. The highest BCUT2D eigenvalue weighted by Gasteiger charge is 2.50. The van der Waals surface area contributed by atoms with Gasteiger partial charge in [0, 0.05) is 18.0 Å². The van der Waals surface area contributed by atoms with Gasteiger partial charge in [0.2, 0.25) is 11.8 Å². The van der Waals surface area contributed by atoms with Crippen LogP contribution in [-0.2, 0) is 15.0 Å².